The molecule has 2 heterocycles. The second-order valence-corrected chi connectivity index (χ2v) is 5.71. The van der Waals surface area contributed by atoms with E-state index in [1.54, 1.807) is 11.9 Å². The molecular formula is C12H16N4O4S. The van der Waals surface area contributed by atoms with Gasteiger partial charge in [0.15, 0.2) is 5.69 Å². The zero-order chi connectivity index (χ0) is 15.4. The van der Waals surface area contributed by atoms with Crippen molar-refractivity contribution in [3.05, 3.63) is 16.1 Å². The number of amides is 3. The lowest BCUT2D eigenvalue weighted by Gasteiger charge is -2.30. The van der Waals surface area contributed by atoms with Crippen molar-refractivity contribution in [1.82, 2.24) is 20.5 Å². The lowest BCUT2D eigenvalue weighted by atomic mass is 10.1. The first-order valence-electron chi connectivity index (χ1n) is 6.41. The van der Waals surface area contributed by atoms with Crippen molar-refractivity contribution in [3.63, 3.8) is 0 Å². The summed E-state index contributed by atoms with van der Waals surface area (Å²) in [6.07, 6.45) is 1.05. The molecule has 1 aliphatic heterocycles. The predicted molar refractivity (Wildman–Crippen MR) is 75.1 cm³/mol. The largest absolute Gasteiger partial charge is 0.476 e. The fourth-order valence-electron chi connectivity index (χ4n) is 2.01. The number of aromatic carboxylic acids is 1. The second-order valence-electron chi connectivity index (χ2n) is 4.77. The molecule has 1 aromatic rings. The Labute approximate surface area is 125 Å². The summed E-state index contributed by atoms with van der Waals surface area (Å²) in [4.78, 5) is 39.2. The highest BCUT2D eigenvalue weighted by Crippen LogP contribution is 2.10. The molecule has 0 aromatic carbocycles. The maximum Gasteiger partial charge on any atom is 0.355 e. The van der Waals surface area contributed by atoms with Crippen LogP contribution < -0.4 is 10.6 Å². The molecule has 3 amide bonds. The summed E-state index contributed by atoms with van der Waals surface area (Å²) in [5.41, 5.74) is -0.0235. The Morgan fingerprint density at radius 3 is 2.95 bits per heavy atom. The van der Waals surface area contributed by atoms with E-state index in [9.17, 15) is 14.4 Å². The summed E-state index contributed by atoms with van der Waals surface area (Å²) in [6, 6.07) is -0.423. The number of nitrogens with zero attached hydrogens (tertiary/aromatic N) is 2. The molecule has 1 aromatic heterocycles. The molecule has 1 atom stereocenters. The summed E-state index contributed by atoms with van der Waals surface area (Å²) in [5, 5.41) is 16.1. The minimum atomic E-state index is -1.09. The third-order valence-electron chi connectivity index (χ3n) is 3.13. The molecule has 1 saturated heterocycles. The number of likely N-dealkylation sites (tertiary alicyclic amines) is 1. The third kappa shape index (κ3) is 4.15. The molecule has 0 bridgehead atoms. The van der Waals surface area contributed by atoms with Gasteiger partial charge in [-0.05, 0) is 6.42 Å². The summed E-state index contributed by atoms with van der Waals surface area (Å²) in [6.45, 7) is 0.665. The molecule has 0 saturated carbocycles. The van der Waals surface area contributed by atoms with Crippen molar-refractivity contribution >= 4 is 29.2 Å². The normalized spacial score (nSPS) is 18.4. The minimum Gasteiger partial charge on any atom is -0.476 e. The van der Waals surface area contributed by atoms with Crippen molar-refractivity contribution < 1.29 is 19.5 Å². The number of carboxylic acid groups (broad SMARTS) is 1. The average molecular weight is 312 g/mol. The van der Waals surface area contributed by atoms with Gasteiger partial charge >= 0.3 is 12.0 Å². The van der Waals surface area contributed by atoms with Gasteiger partial charge in [-0.25, -0.2) is 14.6 Å². The topological polar surface area (TPSA) is 112 Å². The summed E-state index contributed by atoms with van der Waals surface area (Å²) in [5.74, 6) is -1.01. The molecule has 0 aliphatic carbocycles. The number of rotatable bonds is 4. The first kappa shape index (κ1) is 15.2. The number of aromatic nitrogens is 1. The van der Waals surface area contributed by atoms with Crippen molar-refractivity contribution in [2.75, 3.05) is 13.6 Å². The molecule has 21 heavy (non-hydrogen) atoms. The summed E-state index contributed by atoms with van der Waals surface area (Å²) < 4.78 is 0. The molecule has 9 heteroatoms. The molecule has 1 fully saturated rings. The van der Waals surface area contributed by atoms with E-state index in [0.29, 0.717) is 24.4 Å². The highest BCUT2D eigenvalue weighted by Gasteiger charge is 2.23. The number of hydrogen-bond donors (Lipinski definition) is 3. The molecule has 2 rings (SSSR count). The Morgan fingerprint density at radius 2 is 2.33 bits per heavy atom. The molecule has 114 valence electrons. The molecule has 0 spiro atoms. The van der Waals surface area contributed by atoms with Crippen LogP contribution in [0.15, 0.2) is 5.38 Å². The summed E-state index contributed by atoms with van der Waals surface area (Å²) in [7, 11) is 1.71. The lowest BCUT2D eigenvalue weighted by molar-refractivity contribution is -0.132. The van der Waals surface area contributed by atoms with Crippen molar-refractivity contribution in [2.45, 2.75) is 25.4 Å². The number of thiazole rings is 1. The maximum atomic E-state index is 11.7. The van der Waals surface area contributed by atoms with Gasteiger partial charge in [0.1, 0.15) is 5.01 Å². The molecule has 8 nitrogen and oxygen atoms in total. The fourth-order valence-corrected chi connectivity index (χ4v) is 2.72. The van der Waals surface area contributed by atoms with Gasteiger partial charge in [-0.1, -0.05) is 0 Å². The molecule has 0 radical (unpaired) electrons. The van der Waals surface area contributed by atoms with Crippen molar-refractivity contribution in [2.24, 2.45) is 0 Å². The number of carbonyl (C=O) groups is 3. The SMILES string of the molecule is CN1CC(NC(=O)NCc2nc(C(=O)O)cs2)CCC1=O. The van der Waals surface area contributed by atoms with Crippen LogP contribution in [0, 0.1) is 0 Å². The lowest BCUT2D eigenvalue weighted by Crippen LogP contribution is -2.50. The quantitative estimate of drug-likeness (QED) is 0.738. The number of carbonyl (C=O) groups excluding carboxylic acids is 2. The number of carboxylic acids is 1. The highest BCUT2D eigenvalue weighted by molar-refractivity contribution is 7.09. The van der Waals surface area contributed by atoms with E-state index < -0.39 is 5.97 Å². The van der Waals surface area contributed by atoms with Crippen LogP contribution >= 0.6 is 11.3 Å². The molecular weight excluding hydrogens is 296 g/mol. The molecule has 1 aliphatic rings. The Morgan fingerprint density at radius 1 is 1.57 bits per heavy atom. The molecule has 3 N–H and O–H groups in total. The zero-order valence-electron chi connectivity index (χ0n) is 11.5. The zero-order valence-corrected chi connectivity index (χ0v) is 12.3. The van der Waals surface area contributed by atoms with Gasteiger partial charge < -0.3 is 20.6 Å². The van der Waals surface area contributed by atoms with Crippen molar-refractivity contribution in [1.29, 1.82) is 0 Å². The average Bonchev–Trinajstić information content (AvgIpc) is 2.90. The molecule has 1 unspecified atom stereocenters. The Bertz CT molecular complexity index is 559. The maximum absolute atomic E-state index is 11.7. The van der Waals surface area contributed by atoms with Crippen LogP contribution in [0.2, 0.25) is 0 Å². The van der Waals surface area contributed by atoms with Crippen LogP contribution in [-0.4, -0.2) is 52.5 Å². The van der Waals surface area contributed by atoms with Crippen LogP contribution in [0.5, 0.6) is 0 Å². The van der Waals surface area contributed by atoms with E-state index in [-0.39, 0.29) is 30.2 Å². The van der Waals surface area contributed by atoms with Crippen LogP contribution in [0.25, 0.3) is 0 Å². The van der Waals surface area contributed by atoms with E-state index in [1.165, 1.54) is 16.7 Å². The Kier molecular flexibility index (Phi) is 4.73. The first-order chi connectivity index (χ1) is 9.95. The van der Waals surface area contributed by atoms with Gasteiger partial charge in [-0.3, -0.25) is 4.79 Å². The minimum absolute atomic E-state index is 0.0235. The van der Waals surface area contributed by atoms with E-state index in [2.05, 4.69) is 15.6 Å². The third-order valence-corrected chi connectivity index (χ3v) is 3.98. The van der Waals surface area contributed by atoms with Crippen LogP contribution in [0.1, 0.15) is 28.3 Å². The second kappa shape index (κ2) is 6.53. The standard InChI is InChI=1S/C12H16N4O4S/c1-16-5-7(2-3-10(16)17)14-12(20)13-4-9-15-8(6-21-9)11(18)19/h6-7H,2-5H2,1H3,(H,18,19)(H2,13,14,20). The van der Waals surface area contributed by atoms with Crippen LogP contribution in [0.3, 0.4) is 0 Å². The number of likely N-dealkylation sites (N-methyl/N-ethyl adjacent to an activating group) is 1. The number of hydrogen-bond acceptors (Lipinski definition) is 5. The Hall–Kier alpha value is -2.16. The van der Waals surface area contributed by atoms with E-state index in [1.807, 2.05) is 0 Å². The van der Waals surface area contributed by atoms with Gasteiger partial charge in [0.2, 0.25) is 5.91 Å². The summed E-state index contributed by atoms with van der Waals surface area (Å²) >= 11 is 1.18. The first-order valence-corrected chi connectivity index (χ1v) is 7.29. The van der Waals surface area contributed by atoms with Gasteiger partial charge in [-0.2, -0.15) is 0 Å². The van der Waals surface area contributed by atoms with E-state index in [4.69, 9.17) is 5.11 Å². The van der Waals surface area contributed by atoms with Gasteiger partial charge in [0, 0.05) is 31.4 Å². The van der Waals surface area contributed by atoms with Gasteiger partial charge in [0.05, 0.1) is 6.54 Å². The monoisotopic (exact) mass is 312 g/mol. The van der Waals surface area contributed by atoms with E-state index >= 15 is 0 Å². The Balaban J connectivity index is 1.77. The highest BCUT2D eigenvalue weighted by atomic mass is 32.1. The number of nitrogens with one attached hydrogen (secondary N) is 2. The van der Waals surface area contributed by atoms with E-state index in [0.717, 1.165) is 0 Å². The van der Waals surface area contributed by atoms with Crippen LogP contribution in [0.4, 0.5) is 4.79 Å². The predicted octanol–water partition coefficient (Wildman–Crippen LogP) is 0.261. The number of piperidine rings is 1. The van der Waals surface area contributed by atoms with Gasteiger partial charge in [0.25, 0.3) is 0 Å². The fraction of sp³-hybridized carbons (Fsp3) is 0.500. The van der Waals surface area contributed by atoms with Gasteiger partial charge in [-0.15, -0.1) is 11.3 Å². The smallest absolute Gasteiger partial charge is 0.355 e. The number of urea groups is 1. The van der Waals surface area contributed by atoms with Crippen LogP contribution in [-0.2, 0) is 11.3 Å². The van der Waals surface area contributed by atoms with Crippen molar-refractivity contribution in [3.8, 4) is 0 Å².